The average Bonchev–Trinajstić information content (AvgIpc) is 3.32. The van der Waals surface area contributed by atoms with E-state index in [2.05, 4.69) is 27.4 Å². The molecule has 0 aliphatic carbocycles. The molecule has 0 spiro atoms. The summed E-state index contributed by atoms with van der Waals surface area (Å²) in [5.74, 6) is 0.770. The first-order chi connectivity index (χ1) is 14.5. The number of hydrogen-bond donors (Lipinski definition) is 2. The van der Waals surface area contributed by atoms with Gasteiger partial charge in [0.2, 0.25) is 10.0 Å². The molecule has 1 unspecified atom stereocenters. The van der Waals surface area contributed by atoms with Gasteiger partial charge in [-0.25, -0.2) is 13.4 Å². The van der Waals surface area contributed by atoms with Crippen molar-refractivity contribution in [3.8, 4) is 0 Å². The van der Waals surface area contributed by atoms with Gasteiger partial charge in [0.15, 0.2) is 5.96 Å². The van der Waals surface area contributed by atoms with Crippen molar-refractivity contribution in [1.82, 2.24) is 19.8 Å². The van der Waals surface area contributed by atoms with Gasteiger partial charge < -0.3 is 15.4 Å². The van der Waals surface area contributed by atoms with Gasteiger partial charge in [-0.15, -0.1) is 0 Å². The fourth-order valence-electron chi connectivity index (χ4n) is 3.75. The van der Waals surface area contributed by atoms with Crippen LogP contribution in [0.5, 0.6) is 0 Å². The molecule has 1 aromatic carbocycles. The predicted octanol–water partition coefficient (Wildman–Crippen LogP) is 1.25. The number of guanidine groups is 1. The summed E-state index contributed by atoms with van der Waals surface area (Å²) in [6.45, 7) is 11.1. The highest BCUT2D eigenvalue weighted by Gasteiger charge is 2.26. The average molecular weight is 438 g/mol. The van der Waals surface area contributed by atoms with Crippen LogP contribution in [0.15, 0.2) is 34.2 Å². The first kappa shape index (κ1) is 23.0. The van der Waals surface area contributed by atoms with Gasteiger partial charge in [-0.3, -0.25) is 4.90 Å². The standard InChI is InChI=1S/C21H35N5O3S/c1-3-22-21(23-16-18(2)25-12-14-29-15-13-25)24-17-19-6-8-20(9-7-19)30(27,28)26-10-4-5-11-26/h6-9,18H,3-5,10-17H2,1-2H3,(H2,22,23,24). The highest BCUT2D eigenvalue weighted by molar-refractivity contribution is 7.89. The molecule has 168 valence electrons. The highest BCUT2D eigenvalue weighted by atomic mass is 32.2. The van der Waals surface area contributed by atoms with Gasteiger partial charge in [-0.1, -0.05) is 12.1 Å². The third-order valence-corrected chi connectivity index (χ3v) is 7.54. The summed E-state index contributed by atoms with van der Waals surface area (Å²) in [4.78, 5) is 7.44. The number of hydrogen-bond acceptors (Lipinski definition) is 5. The van der Waals surface area contributed by atoms with Gasteiger partial charge in [0, 0.05) is 45.3 Å². The van der Waals surface area contributed by atoms with Gasteiger partial charge in [-0.05, 0) is 44.4 Å². The van der Waals surface area contributed by atoms with Crippen LogP contribution in [-0.2, 0) is 21.3 Å². The van der Waals surface area contributed by atoms with Crippen LogP contribution < -0.4 is 10.6 Å². The number of aliphatic imine (C=N–C) groups is 1. The fraction of sp³-hybridized carbons (Fsp3) is 0.667. The maximum atomic E-state index is 12.6. The van der Waals surface area contributed by atoms with Gasteiger partial charge in [-0.2, -0.15) is 4.31 Å². The van der Waals surface area contributed by atoms with Crippen molar-refractivity contribution in [3.63, 3.8) is 0 Å². The Labute approximate surface area is 180 Å². The van der Waals surface area contributed by atoms with Crippen molar-refractivity contribution in [2.24, 2.45) is 4.99 Å². The second-order valence-corrected chi connectivity index (χ2v) is 9.77. The van der Waals surface area contributed by atoms with Gasteiger partial charge in [0.1, 0.15) is 0 Å². The number of nitrogens with one attached hydrogen (secondary N) is 2. The molecule has 8 nitrogen and oxygen atoms in total. The van der Waals surface area contributed by atoms with Crippen LogP contribution in [-0.4, -0.2) is 82.1 Å². The Bertz CT molecular complexity index is 785. The van der Waals surface area contributed by atoms with E-state index in [1.807, 2.05) is 19.1 Å². The molecular weight excluding hydrogens is 402 g/mol. The zero-order chi connectivity index (χ0) is 21.4. The number of rotatable bonds is 8. The number of morpholine rings is 1. The molecule has 0 bridgehead atoms. The van der Waals surface area contributed by atoms with Crippen molar-refractivity contribution in [1.29, 1.82) is 0 Å². The van der Waals surface area contributed by atoms with Gasteiger partial charge >= 0.3 is 0 Å². The zero-order valence-corrected chi connectivity index (χ0v) is 19.0. The molecule has 2 saturated heterocycles. The first-order valence-corrected chi connectivity index (χ1v) is 12.4. The van der Waals surface area contributed by atoms with Crippen LogP contribution in [0.4, 0.5) is 0 Å². The Balaban J connectivity index is 1.56. The maximum Gasteiger partial charge on any atom is 0.243 e. The van der Waals surface area contributed by atoms with E-state index in [0.717, 1.165) is 63.8 Å². The first-order valence-electron chi connectivity index (χ1n) is 10.9. The normalized spacial score (nSPS) is 20.3. The number of benzene rings is 1. The van der Waals surface area contributed by atoms with Gasteiger partial charge in [0.25, 0.3) is 0 Å². The fourth-order valence-corrected chi connectivity index (χ4v) is 5.27. The van der Waals surface area contributed by atoms with E-state index in [-0.39, 0.29) is 0 Å². The van der Waals surface area contributed by atoms with E-state index in [0.29, 0.717) is 30.6 Å². The van der Waals surface area contributed by atoms with E-state index in [9.17, 15) is 8.42 Å². The van der Waals surface area contributed by atoms with Crippen molar-refractivity contribution >= 4 is 16.0 Å². The molecule has 2 aliphatic heterocycles. The Morgan fingerprint density at radius 1 is 1.10 bits per heavy atom. The molecular formula is C21H35N5O3S. The van der Waals surface area contributed by atoms with E-state index < -0.39 is 10.0 Å². The van der Waals surface area contributed by atoms with E-state index >= 15 is 0 Å². The highest BCUT2D eigenvalue weighted by Crippen LogP contribution is 2.21. The minimum Gasteiger partial charge on any atom is -0.379 e. The second-order valence-electron chi connectivity index (χ2n) is 7.83. The van der Waals surface area contributed by atoms with Crippen molar-refractivity contribution in [2.45, 2.75) is 44.2 Å². The molecule has 0 radical (unpaired) electrons. The summed E-state index contributed by atoms with van der Waals surface area (Å²) in [5, 5.41) is 6.69. The third-order valence-electron chi connectivity index (χ3n) is 5.62. The monoisotopic (exact) mass is 437 g/mol. The third kappa shape index (κ3) is 6.16. The van der Waals surface area contributed by atoms with Crippen molar-refractivity contribution in [3.05, 3.63) is 29.8 Å². The summed E-state index contributed by atoms with van der Waals surface area (Å²) in [6, 6.07) is 7.49. The molecule has 2 N–H and O–H groups in total. The van der Waals surface area contributed by atoms with Crippen molar-refractivity contribution in [2.75, 3.05) is 52.5 Å². The Morgan fingerprint density at radius 2 is 1.77 bits per heavy atom. The topological polar surface area (TPSA) is 86.3 Å². The largest absolute Gasteiger partial charge is 0.379 e. The molecule has 30 heavy (non-hydrogen) atoms. The molecule has 2 aliphatic rings. The lowest BCUT2D eigenvalue weighted by Gasteiger charge is -2.32. The number of ether oxygens (including phenoxy) is 1. The number of sulfonamides is 1. The predicted molar refractivity (Wildman–Crippen MR) is 119 cm³/mol. The summed E-state index contributed by atoms with van der Waals surface area (Å²) in [6.07, 6.45) is 1.88. The quantitative estimate of drug-likeness (QED) is 0.470. The minimum atomic E-state index is -3.37. The lowest BCUT2D eigenvalue weighted by Crippen LogP contribution is -2.49. The molecule has 2 heterocycles. The lowest BCUT2D eigenvalue weighted by molar-refractivity contribution is 0.0211. The van der Waals surface area contributed by atoms with Crippen molar-refractivity contribution < 1.29 is 13.2 Å². The SMILES string of the molecule is CCNC(=NCc1ccc(S(=O)(=O)N2CCCC2)cc1)NCC(C)N1CCOCC1. The molecule has 1 atom stereocenters. The smallest absolute Gasteiger partial charge is 0.243 e. The van der Waals surface area contributed by atoms with E-state index in [1.165, 1.54) is 0 Å². The Morgan fingerprint density at radius 3 is 2.40 bits per heavy atom. The lowest BCUT2D eigenvalue weighted by atomic mass is 10.2. The summed E-state index contributed by atoms with van der Waals surface area (Å²) in [7, 11) is -3.37. The summed E-state index contributed by atoms with van der Waals surface area (Å²) >= 11 is 0. The molecule has 0 saturated carbocycles. The zero-order valence-electron chi connectivity index (χ0n) is 18.1. The molecule has 0 aromatic heterocycles. The Kier molecular flexibility index (Phi) is 8.50. The van der Waals surface area contributed by atoms with Crippen LogP contribution in [0.3, 0.4) is 0 Å². The molecule has 3 rings (SSSR count). The molecule has 2 fully saturated rings. The maximum absolute atomic E-state index is 12.6. The molecule has 1 aromatic rings. The Hall–Kier alpha value is -1.68. The summed E-state index contributed by atoms with van der Waals surface area (Å²) < 4.78 is 32.3. The van der Waals surface area contributed by atoms with Crippen LogP contribution in [0.2, 0.25) is 0 Å². The second kappa shape index (κ2) is 11.1. The minimum absolute atomic E-state index is 0.362. The van der Waals surface area contributed by atoms with Crippen LogP contribution in [0.25, 0.3) is 0 Å². The van der Waals surface area contributed by atoms with Gasteiger partial charge in [0.05, 0.1) is 24.7 Å². The molecule has 9 heteroatoms. The summed E-state index contributed by atoms with van der Waals surface area (Å²) in [5.41, 5.74) is 0.980. The number of nitrogens with zero attached hydrogens (tertiary/aromatic N) is 3. The van der Waals surface area contributed by atoms with Crippen LogP contribution >= 0.6 is 0 Å². The van der Waals surface area contributed by atoms with E-state index in [1.54, 1.807) is 16.4 Å². The van der Waals surface area contributed by atoms with Crippen LogP contribution in [0.1, 0.15) is 32.3 Å². The van der Waals surface area contributed by atoms with E-state index in [4.69, 9.17) is 4.74 Å². The van der Waals surface area contributed by atoms with Crippen LogP contribution in [0, 0.1) is 0 Å². The molecule has 0 amide bonds.